The normalized spacial score (nSPS) is 10.5. The molecule has 12 heavy (non-hydrogen) atoms. The minimum Gasteiger partial charge on any atom is -0.493 e. The molecule has 1 aromatic carbocycles. The van der Waals surface area contributed by atoms with Gasteiger partial charge in [-0.05, 0) is 24.6 Å². The zero-order valence-electron chi connectivity index (χ0n) is 7.20. The van der Waals surface area contributed by atoms with Crippen LogP contribution in [0.5, 0.6) is 11.5 Å². The van der Waals surface area contributed by atoms with Gasteiger partial charge in [0.2, 0.25) is 5.75 Å². The van der Waals surface area contributed by atoms with Crippen LogP contribution < -0.4 is 4.74 Å². The third-order valence-electron chi connectivity index (χ3n) is 1.55. The van der Waals surface area contributed by atoms with Crippen molar-refractivity contribution < 1.29 is 9.84 Å². The molecule has 0 spiro atoms. The summed E-state index contributed by atoms with van der Waals surface area (Å²) in [5, 5.41) is 11.1. The third-order valence-corrected chi connectivity index (χ3v) is 1.55. The molecule has 0 amide bonds. The Labute approximate surface area is 72.1 Å². The Morgan fingerprint density at radius 2 is 2.17 bits per heavy atom. The molecule has 0 unspecified atom stereocenters. The molecule has 1 radical (unpaired) electrons. The van der Waals surface area contributed by atoms with E-state index in [4.69, 9.17) is 4.74 Å². The Morgan fingerprint density at radius 3 is 2.75 bits per heavy atom. The molecule has 63 valence electrons. The van der Waals surface area contributed by atoms with Gasteiger partial charge in [0.05, 0.1) is 7.11 Å². The second-order valence-corrected chi connectivity index (χ2v) is 2.41. The van der Waals surface area contributed by atoms with Gasteiger partial charge in [0.25, 0.3) is 0 Å². The van der Waals surface area contributed by atoms with Crippen LogP contribution in [0.4, 0.5) is 0 Å². The number of allylic oxidation sites excluding steroid dienone is 1. The number of hydrogen-bond donors (Lipinski definition) is 0. The van der Waals surface area contributed by atoms with Crippen molar-refractivity contribution in [3.05, 3.63) is 29.8 Å². The summed E-state index contributed by atoms with van der Waals surface area (Å²) in [4.78, 5) is 0. The molecule has 1 rings (SSSR count). The first kappa shape index (κ1) is 8.65. The first-order chi connectivity index (χ1) is 5.77. The first-order valence-electron chi connectivity index (χ1n) is 3.75. The van der Waals surface area contributed by atoms with Crippen molar-refractivity contribution in [3.8, 4) is 11.5 Å². The molecular formula is C10H11O2. The number of methoxy groups -OCH3 is 1. The smallest absolute Gasteiger partial charge is 0.220 e. The molecule has 0 aliphatic heterocycles. The highest BCUT2D eigenvalue weighted by Gasteiger charge is 2.01. The monoisotopic (exact) mass is 163 g/mol. The predicted octanol–water partition coefficient (Wildman–Crippen LogP) is 2.87. The van der Waals surface area contributed by atoms with Crippen molar-refractivity contribution in [3.63, 3.8) is 0 Å². The van der Waals surface area contributed by atoms with Crippen LogP contribution in [0.15, 0.2) is 24.3 Å². The molecule has 0 aliphatic rings. The minimum absolute atomic E-state index is 0.0780. The summed E-state index contributed by atoms with van der Waals surface area (Å²) in [5.41, 5.74) is 0.981. The van der Waals surface area contributed by atoms with E-state index >= 15 is 0 Å². The van der Waals surface area contributed by atoms with Gasteiger partial charge in [-0.3, -0.25) is 5.11 Å². The number of hydrogen-bond acceptors (Lipinski definition) is 1. The second kappa shape index (κ2) is 3.81. The van der Waals surface area contributed by atoms with Crippen LogP contribution in [0.25, 0.3) is 6.08 Å². The predicted molar refractivity (Wildman–Crippen MR) is 47.8 cm³/mol. The summed E-state index contributed by atoms with van der Waals surface area (Å²) in [6.45, 7) is 1.93. The van der Waals surface area contributed by atoms with Gasteiger partial charge in [-0.2, -0.15) is 0 Å². The number of benzene rings is 1. The first-order valence-corrected chi connectivity index (χ1v) is 3.75. The fourth-order valence-electron chi connectivity index (χ4n) is 0.980. The fourth-order valence-corrected chi connectivity index (χ4v) is 0.980. The van der Waals surface area contributed by atoms with Gasteiger partial charge in [0.15, 0.2) is 5.75 Å². The van der Waals surface area contributed by atoms with Crippen LogP contribution in [0.1, 0.15) is 12.5 Å². The van der Waals surface area contributed by atoms with E-state index in [0.717, 1.165) is 5.56 Å². The molecule has 0 fully saturated rings. The van der Waals surface area contributed by atoms with Crippen LogP contribution >= 0.6 is 0 Å². The molecular weight excluding hydrogens is 152 g/mol. The standard InChI is InChI=1S/C10H11O2/c1-3-4-8-5-6-9(11)10(7-8)12-2/h3-7H,1-2H3. The Morgan fingerprint density at radius 1 is 1.42 bits per heavy atom. The molecule has 2 nitrogen and oxygen atoms in total. The van der Waals surface area contributed by atoms with Crippen molar-refractivity contribution in [1.29, 1.82) is 0 Å². The Bertz CT molecular complexity index is 290. The van der Waals surface area contributed by atoms with Crippen molar-refractivity contribution in [2.75, 3.05) is 7.11 Å². The summed E-state index contributed by atoms with van der Waals surface area (Å²) < 4.78 is 4.89. The largest absolute Gasteiger partial charge is 0.493 e. The lowest BCUT2D eigenvalue weighted by molar-refractivity contribution is 0.315. The van der Waals surface area contributed by atoms with Gasteiger partial charge in [-0.25, -0.2) is 0 Å². The van der Waals surface area contributed by atoms with Crippen molar-refractivity contribution in [1.82, 2.24) is 0 Å². The Hall–Kier alpha value is -1.44. The highest BCUT2D eigenvalue weighted by Crippen LogP contribution is 2.27. The molecule has 0 N–H and O–H groups in total. The number of ether oxygens (including phenoxy) is 1. The van der Waals surface area contributed by atoms with E-state index in [0.29, 0.717) is 5.75 Å². The van der Waals surface area contributed by atoms with Gasteiger partial charge in [-0.15, -0.1) is 0 Å². The van der Waals surface area contributed by atoms with Gasteiger partial charge in [0.1, 0.15) is 0 Å². The van der Waals surface area contributed by atoms with Crippen LogP contribution in [0.2, 0.25) is 0 Å². The van der Waals surface area contributed by atoms with Crippen LogP contribution in [0, 0.1) is 0 Å². The quantitative estimate of drug-likeness (QED) is 0.659. The van der Waals surface area contributed by atoms with Gasteiger partial charge < -0.3 is 4.74 Å². The average Bonchev–Trinajstić information content (AvgIpc) is 2.09. The van der Waals surface area contributed by atoms with E-state index in [1.54, 1.807) is 12.1 Å². The lowest BCUT2D eigenvalue weighted by Gasteiger charge is -2.01. The highest BCUT2D eigenvalue weighted by molar-refractivity contribution is 5.55. The van der Waals surface area contributed by atoms with Gasteiger partial charge >= 0.3 is 0 Å². The molecule has 0 saturated heterocycles. The van der Waals surface area contributed by atoms with E-state index < -0.39 is 0 Å². The summed E-state index contributed by atoms with van der Waals surface area (Å²) in [7, 11) is 1.50. The maximum atomic E-state index is 11.1. The van der Waals surface area contributed by atoms with Crippen molar-refractivity contribution in [2.45, 2.75) is 6.92 Å². The third kappa shape index (κ3) is 1.78. The van der Waals surface area contributed by atoms with Crippen molar-refractivity contribution in [2.24, 2.45) is 0 Å². The summed E-state index contributed by atoms with van der Waals surface area (Å²) in [5.74, 6) is 0.316. The Kier molecular flexibility index (Phi) is 2.75. The average molecular weight is 163 g/mol. The van der Waals surface area contributed by atoms with Crippen molar-refractivity contribution >= 4 is 6.08 Å². The molecule has 0 aromatic heterocycles. The molecule has 2 heteroatoms. The molecule has 0 heterocycles. The zero-order valence-corrected chi connectivity index (χ0v) is 7.20. The SMILES string of the molecule is CC=Cc1ccc([O])c(OC)c1. The molecule has 0 bridgehead atoms. The molecule has 1 aromatic rings. The summed E-state index contributed by atoms with van der Waals surface area (Å²) in [6.07, 6.45) is 3.83. The minimum atomic E-state index is -0.0780. The van der Waals surface area contributed by atoms with E-state index in [1.165, 1.54) is 13.2 Å². The summed E-state index contributed by atoms with van der Waals surface area (Å²) >= 11 is 0. The van der Waals surface area contributed by atoms with Gasteiger partial charge in [-0.1, -0.05) is 18.2 Å². The van der Waals surface area contributed by atoms with E-state index in [2.05, 4.69) is 0 Å². The lowest BCUT2D eigenvalue weighted by Crippen LogP contribution is -1.83. The molecule has 0 atom stereocenters. The summed E-state index contributed by atoms with van der Waals surface area (Å²) in [6, 6.07) is 5.00. The van der Waals surface area contributed by atoms with Crippen LogP contribution in [0.3, 0.4) is 0 Å². The molecule has 0 aliphatic carbocycles. The second-order valence-electron chi connectivity index (χ2n) is 2.41. The zero-order chi connectivity index (χ0) is 8.97. The maximum absolute atomic E-state index is 11.1. The number of rotatable bonds is 2. The van der Waals surface area contributed by atoms with Crippen LogP contribution in [-0.2, 0) is 5.11 Å². The lowest BCUT2D eigenvalue weighted by atomic mass is 10.2. The Balaban J connectivity index is 3.05. The van der Waals surface area contributed by atoms with Crippen LogP contribution in [-0.4, -0.2) is 7.11 Å². The fraction of sp³-hybridized carbons (Fsp3) is 0.200. The maximum Gasteiger partial charge on any atom is 0.220 e. The highest BCUT2D eigenvalue weighted by atomic mass is 16.5. The van der Waals surface area contributed by atoms with E-state index in [-0.39, 0.29) is 5.75 Å². The van der Waals surface area contributed by atoms with Gasteiger partial charge in [0, 0.05) is 0 Å². The topological polar surface area (TPSA) is 29.1 Å². The molecule has 0 saturated carbocycles. The van der Waals surface area contributed by atoms with E-state index in [1.807, 2.05) is 19.1 Å². The van der Waals surface area contributed by atoms with E-state index in [9.17, 15) is 5.11 Å².